The van der Waals surface area contributed by atoms with Gasteiger partial charge in [-0.05, 0) is 34.6 Å². The van der Waals surface area contributed by atoms with Crippen LogP contribution < -0.4 is 16.4 Å². The third kappa shape index (κ3) is 11.1. The number of alkyl carbamates (subject to hydrolysis) is 1. The van der Waals surface area contributed by atoms with Crippen LogP contribution in [-0.4, -0.2) is 87.1 Å². The summed E-state index contributed by atoms with van der Waals surface area (Å²) >= 11 is 0. The number of Topliss-reactive ketones (excluding diaryl/α,β-unsaturated/α-hetero) is 2. The standard InChI is InChI=1S/C22H35N7O7/c1-14(30)7-11-28(12-8-15(2)31)20(34)17-18(19(33)24-9-6-16(23)32)29(27-26-17)13-10-25-21(35)36-22(3,4)5/h6-13H2,1-5H3,(H2,23,32)(H,24,33)(H,25,35). The molecule has 14 heteroatoms. The summed E-state index contributed by atoms with van der Waals surface area (Å²) in [5.41, 5.74) is 3.91. The van der Waals surface area contributed by atoms with E-state index in [1.807, 2.05) is 0 Å². The quantitative estimate of drug-likeness (QED) is 0.304. The maximum absolute atomic E-state index is 13.3. The van der Waals surface area contributed by atoms with E-state index >= 15 is 0 Å². The second-order valence-electron chi connectivity index (χ2n) is 9.11. The number of nitrogens with one attached hydrogen (secondary N) is 2. The maximum Gasteiger partial charge on any atom is 0.407 e. The fourth-order valence-electron chi connectivity index (χ4n) is 2.85. The molecule has 0 spiro atoms. The fraction of sp³-hybridized carbons (Fsp3) is 0.636. The van der Waals surface area contributed by atoms with Crippen molar-refractivity contribution in [3.05, 3.63) is 11.4 Å². The molecule has 1 aromatic rings. The first-order chi connectivity index (χ1) is 16.7. The monoisotopic (exact) mass is 509 g/mol. The van der Waals surface area contributed by atoms with Crippen LogP contribution in [0.25, 0.3) is 0 Å². The summed E-state index contributed by atoms with van der Waals surface area (Å²) in [7, 11) is 0. The Labute approximate surface area is 209 Å². The van der Waals surface area contributed by atoms with E-state index in [0.717, 1.165) is 4.68 Å². The molecule has 0 atom stereocenters. The van der Waals surface area contributed by atoms with Gasteiger partial charge in [0.05, 0.1) is 6.54 Å². The van der Waals surface area contributed by atoms with Crippen molar-refractivity contribution in [3.8, 4) is 0 Å². The number of aromatic nitrogens is 3. The van der Waals surface area contributed by atoms with Crippen LogP contribution in [0.1, 0.15) is 74.9 Å². The molecule has 0 bridgehead atoms. The predicted molar refractivity (Wildman–Crippen MR) is 127 cm³/mol. The SMILES string of the molecule is CC(=O)CCN(CCC(C)=O)C(=O)c1nnn(CCNC(=O)OC(C)(C)C)c1C(=O)NCCC(N)=O. The minimum atomic E-state index is -0.736. The van der Waals surface area contributed by atoms with E-state index in [4.69, 9.17) is 10.5 Å². The minimum Gasteiger partial charge on any atom is -0.444 e. The van der Waals surface area contributed by atoms with Crippen LogP contribution in [0.15, 0.2) is 0 Å². The van der Waals surface area contributed by atoms with Gasteiger partial charge in [0.1, 0.15) is 17.2 Å². The van der Waals surface area contributed by atoms with Gasteiger partial charge in [0.2, 0.25) is 5.91 Å². The molecule has 14 nitrogen and oxygen atoms in total. The van der Waals surface area contributed by atoms with Crippen molar-refractivity contribution in [3.63, 3.8) is 0 Å². The Morgan fingerprint density at radius 2 is 1.53 bits per heavy atom. The number of amides is 4. The number of hydrogen-bond acceptors (Lipinski definition) is 9. The zero-order valence-corrected chi connectivity index (χ0v) is 21.4. The highest BCUT2D eigenvalue weighted by Crippen LogP contribution is 2.12. The van der Waals surface area contributed by atoms with Crippen molar-refractivity contribution in [2.75, 3.05) is 26.2 Å². The largest absolute Gasteiger partial charge is 0.444 e. The predicted octanol–water partition coefficient (Wildman–Crippen LogP) is -0.192. The number of primary amides is 1. The van der Waals surface area contributed by atoms with Crippen LogP contribution in [0.2, 0.25) is 0 Å². The molecule has 36 heavy (non-hydrogen) atoms. The van der Waals surface area contributed by atoms with Crippen molar-refractivity contribution < 1.29 is 33.5 Å². The summed E-state index contributed by atoms with van der Waals surface area (Å²) in [4.78, 5) is 73.3. The molecule has 0 saturated carbocycles. The summed E-state index contributed by atoms with van der Waals surface area (Å²) in [6, 6.07) is 0. The van der Waals surface area contributed by atoms with E-state index in [2.05, 4.69) is 20.9 Å². The number of nitrogens with zero attached hydrogens (tertiary/aromatic N) is 4. The summed E-state index contributed by atoms with van der Waals surface area (Å²) in [6.07, 6.45) is -0.693. The topological polar surface area (TPSA) is 196 Å². The highest BCUT2D eigenvalue weighted by Gasteiger charge is 2.29. The first-order valence-electron chi connectivity index (χ1n) is 11.5. The van der Waals surface area contributed by atoms with Gasteiger partial charge in [0.15, 0.2) is 11.4 Å². The molecule has 0 aromatic carbocycles. The maximum atomic E-state index is 13.3. The Balaban J connectivity index is 3.17. The van der Waals surface area contributed by atoms with Crippen molar-refractivity contribution in [2.24, 2.45) is 5.73 Å². The summed E-state index contributed by atoms with van der Waals surface area (Å²) in [5.74, 6) is -2.36. The number of ketones is 2. The van der Waals surface area contributed by atoms with E-state index in [1.165, 1.54) is 18.7 Å². The number of nitrogens with two attached hydrogens (primary N) is 1. The normalized spacial score (nSPS) is 10.9. The van der Waals surface area contributed by atoms with Crippen molar-refractivity contribution in [1.82, 2.24) is 30.5 Å². The first kappa shape index (κ1) is 30.2. The van der Waals surface area contributed by atoms with Gasteiger partial charge in [-0.3, -0.25) is 24.0 Å². The molecule has 4 N–H and O–H groups in total. The van der Waals surface area contributed by atoms with Gasteiger partial charge in [-0.1, -0.05) is 5.21 Å². The number of hydrogen-bond donors (Lipinski definition) is 3. The van der Waals surface area contributed by atoms with Crippen LogP contribution in [0.4, 0.5) is 4.79 Å². The lowest BCUT2D eigenvalue weighted by Gasteiger charge is -2.21. The Morgan fingerprint density at radius 3 is 2.03 bits per heavy atom. The lowest BCUT2D eigenvalue weighted by Crippen LogP contribution is -2.38. The minimum absolute atomic E-state index is 0.00581. The van der Waals surface area contributed by atoms with E-state index in [-0.39, 0.29) is 74.9 Å². The molecule has 0 aliphatic rings. The van der Waals surface area contributed by atoms with Crippen LogP contribution in [0, 0.1) is 0 Å². The summed E-state index contributed by atoms with van der Waals surface area (Å²) in [5, 5.41) is 12.8. The van der Waals surface area contributed by atoms with Gasteiger partial charge in [0.25, 0.3) is 11.8 Å². The van der Waals surface area contributed by atoms with E-state index in [1.54, 1.807) is 20.8 Å². The number of carbonyl (C=O) groups excluding carboxylic acids is 6. The van der Waals surface area contributed by atoms with Gasteiger partial charge < -0.3 is 26.0 Å². The molecule has 0 aliphatic carbocycles. The molecule has 1 aromatic heterocycles. The molecule has 0 saturated heterocycles. The molecule has 0 aliphatic heterocycles. The fourth-order valence-corrected chi connectivity index (χ4v) is 2.85. The molecular formula is C22H35N7O7. The van der Waals surface area contributed by atoms with Crippen LogP contribution >= 0.6 is 0 Å². The smallest absolute Gasteiger partial charge is 0.407 e. The molecule has 0 fully saturated rings. The lowest BCUT2D eigenvalue weighted by molar-refractivity contribution is -0.118. The average molecular weight is 510 g/mol. The lowest BCUT2D eigenvalue weighted by atomic mass is 10.2. The zero-order chi connectivity index (χ0) is 27.5. The van der Waals surface area contributed by atoms with Gasteiger partial charge in [-0.25, -0.2) is 9.48 Å². The van der Waals surface area contributed by atoms with Crippen LogP contribution in [0.3, 0.4) is 0 Å². The molecule has 0 unspecified atom stereocenters. The Morgan fingerprint density at radius 1 is 0.944 bits per heavy atom. The zero-order valence-electron chi connectivity index (χ0n) is 21.4. The summed E-state index contributed by atoms with van der Waals surface area (Å²) in [6.45, 7) is 7.82. The number of ether oxygens (including phenoxy) is 1. The first-order valence-corrected chi connectivity index (χ1v) is 11.5. The molecule has 0 radical (unpaired) electrons. The van der Waals surface area contributed by atoms with Crippen molar-refractivity contribution in [2.45, 2.75) is 66.0 Å². The van der Waals surface area contributed by atoms with Crippen molar-refractivity contribution >= 4 is 35.4 Å². The molecule has 4 amide bonds. The Bertz CT molecular complexity index is 964. The van der Waals surface area contributed by atoms with Crippen LogP contribution in [-0.2, 0) is 25.7 Å². The van der Waals surface area contributed by atoms with Gasteiger partial charge in [-0.15, -0.1) is 5.10 Å². The Kier molecular flexibility index (Phi) is 11.7. The highest BCUT2D eigenvalue weighted by molar-refractivity contribution is 6.05. The van der Waals surface area contributed by atoms with Crippen molar-refractivity contribution in [1.29, 1.82) is 0 Å². The average Bonchev–Trinajstić information content (AvgIpc) is 3.15. The molecule has 200 valence electrons. The molecular weight excluding hydrogens is 474 g/mol. The van der Waals surface area contributed by atoms with E-state index in [0.29, 0.717) is 0 Å². The van der Waals surface area contributed by atoms with Gasteiger partial charge >= 0.3 is 6.09 Å². The molecule has 1 rings (SSSR count). The molecule has 1 heterocycles. The third-order valence-electron chi connectivity index (χ3n) is 4.56. The van der Waals surface area contributed by atoms with E-state index in [9.17, 15) is 28.8 Å². The van der Waals surface area contributed by atoms with Gasteiger partial charge in [-0.2, -0.15) is 0 Å². The number of rotatable bonds is 14. The highest BCUT2D eigenvalue weighted by atomic mass is 16.6. The van der Waals surface area contributed by atoms with Gasteiger partial charge in [0, 0.05) is 45.4 Å². The second kappa shape index (κ2) is 13.9. The van der Waals surface area contributed by atoms with E-state index < -0.39 is 29.4 Å². The summed E-state index contributed by atoms with van der Waals surface area (Å²) < 4.78 is 6.30. The second-order valence-corrected chi connectivity index (χ2v) is 9.11. The third-order valence-corrected chi connectivity index (χ3v) is 4.56. The number of carbonyl (C=O) groups is 6. The Hall–Kier alpha value is -3.84. The van der Waals surface area contributed by atoms with Crippen LogP contribution in [0.5, 0.6) is 0 Å².